The summed E-state index contributed by atoms with van der Waals surface area (Å²) >= 11 is 1.52. The Balaban J connectivity index is 2.22. The Morgan fingerprint density at radius 3 is 3.00 bits per heavy atom. The zero-order chi connectivity index (χ0) is 12.3. The Hall–Kier alpha value is -1.59. The van der Waals surface area contributed by atoms with Gasteiger partial charge in [-0.1, -0.05) is 12.1 Å². The Morgan fingerprint density at radius 2 is 2.35 bits per heavy atom. The van der Waals surface area contributed by atoms with Gasteiger partial charge in [0.25, 0.3) is 0 Å². The van der Waals surface area contributed by atoms with Crippen molar-refractivity contribution in [2.75, 3.05) is 12.8 Å². The molecule has 0 aliphatic carbocycles. The van der Waals surface area contributed by atoms with Crippen LogP contribution in [0.5, 0.6) is 5.75 Å². The number of thiazole rings is 1. The largest absolute Gasteiger partial charge is 0.495 e. The average Bonchev–Trinajstić information content (AvgIpc) is 2.82. The second-order valence-corrected chi connectivity index (χ2v) is 4.62. The van der Waals surface area contributed by atoms with E-state index >= 15 is 0 Å². The number of nitrogen functional groups attached to an aromatic ring is 1. The highest BCUT2D eigenvalue weighted by Crippen LogP contribution is 2.31. The first-order valence-corrected chi connectivity index (χ1v) is 6.08. The number of nitrogens with two attached hydrogens (primary N) is 1. The SMILES string of the molecule is COc1cccc(C(O)Cc2cncs2)c1N. The molecular weight excluding hydrogens is 236 g/mol. The van der Waals surface area contributed by atoms with Crippen LogP contribution < -0.4 is 10.5 Å². The highest BCUT2D eigenvalue weighted by Gasteiger charge is 2.15. The highest BCUT2D eigenvalue weighted by atomic mass is 32.1. The zero-order valence-electron chi connectivity index (χ0n) is 9.46. The maximum atomic E-state index is 10.1. The third-order valence-electron chi connectivity index (χ3n) is 2.56. The monoisotopic (exact) mass is 250 g/mol. The van der Waals surface area contributed by atoms with Gasteiger partial charge in [0.15, 0.2) is 0 Å². The van der Waals surface area contributed by atoms with Gasteiger partial charge in [-0.2, -0.15) is 0 Å². The molecule has 0 saturated carbocycles. The smallest absolute Gasteiger partial charge is 0.142 e. The van der Waals surface area contributed by atoms with E-state index in [1.807, 2.05) is 12.1 Å². The van der Waals surface area contributed by atoms with Crippen LogP contribution in [0.2, 0.25) is 0 Å². The van der Waals surface area contributed by atoms with Gasteiger partial charge in [-0.25, -0.2) is 0 Å². The summed E-state index contributed by atoms with van der Waals surface area (Å²) in [6.45, 7) is 0. The minimum Gasteiger partial charge on any atom is -0.495 e. The van der Waals surface area contributed by atoms with Gasteiger partial charge in [-0.05, 0) is 6.07 Å². The number of aliphatic hydroxyl groups is 1. The number of hydrogen-bond donors (Lipinski definition) is 2. The van der Waals surface area contributed by atoms with Crippen LogP contribution in [-0.2, 0) is 6.42 Å². The molecule has 2 aromatic rings. The molecule has 90 valence electrons. The van der Waals surface area contributed by atoms with Crippen LogP contribution in [0.4, 0.5) is 5.69 Å². The zero-order valence-corrected chi connectivity index (χ0v) is 10.3. The molecule has 1 aromatic carbocycles. The Bertz CT molecular complexity index is 485. The van der Waals surface area contributed by atoms with Crippen molar-refractivity contribution in [1.29, 1.82) is 0 Å². The van der Waals surface area contributed by atoms with E-state index < -0.39 is 6.10 Å². The molecule has 4 nitrogen and oxygen atoms in total. The molecule has 0 spiro atoms. The predicted molar refractivity (Wildman–Crippen MR) is 68.2 cm³/mol. The summed E-state index contributed by atoms with van der Waals surface area (Å²) in [5.74, 6) is 0.589. The summed E-state index contributed by atoms with van der Waals surface area (Å²) < 4.78 is 5.13. The van der Waals surface area contributed by atoms with E-state index in [-0.39, 0.29) is 0 Å². The summed E-state index contributed by atoms with van der Waals surface area (Å²) in [6.07, 6.45) is 1.64. The minimum atomic E-state index is -0.634. The van der Waals surface area contributed by atoms with Crippen LogP contribution in [0, 0.1) is 0 Å². The number of aromatic nitrogens is 1. The third-order valence-corrected chi connectivity index (χ3v) is 3.36. The Kier molecular flexibility index (Phi) is 3.61. The van der Waals surface area contributed by atoms with E-state index in [2.05, 4.69) is 4.98 Å². The fourth-order valence-corrected chi connectivity index (χ4v) is 2.31. The normalized spacial score (nSPS) is 12.4. The number of methoxy groups -OCH3 is 1. The van der Waals surface area contributed by atoms with Crippen LogP contribution in [0.3, 0.4) is 0 Å². The van der Waals surface area contributed by atoms with Crippen LogP contribution in [0.25, 0.3) is 0 Å². The van der Waals surface area contributed by atoms with E-state index in [9.17, 15) is 5.11 Å². The molecule has 3 N–H and O–H groups in total. The van der Waals surface area contributed by atoms with Crippen LogP contribution in [0.15, 0.2) is 29.9 Å². The number of hydrogen-bond acceptors (Lipinski definition) is 5. The topological polar surface area (TPSA) is 68.4 Å². The Labute approximate surface area is 104 Å². The number of nitrogens with zero attached hydrogens (tertiary/aromatic N) is 1. The van der Waals surface area contributed by atoms with Gasteiger partial charge in [-0.15, -0.1) is 11.3 Å². The number of anilines is 1. The average molecular weight is 250 g/mol. The van der Waals surface area contributed by atoms with Gasteiger partial charge < -0.3 is 15.6 Å². The molecule has 0 aliphatic rings. The first kappa shape index (κ1) is 11.9. The molecule has 1 heterocycles. The third kappa shape index (κ3) is 2.57. The van der Waals surface area contributed by atoms with E-state index in [1.54, 1.807) is 24.9 Å². The second-order valence-electron chi connectivity index (χ2n) is 3.65. The van der Waals surface area contributed by atoms with Crippen molar-refractivity contribution in [3.05, 3.63) is 40.3 Å². The number of rotatable bonds is 4. The lowest BCUT2D eigenvalue weighted by molar-refractivity contribution is 0.180. The van der Waals surface area contributed by atoms with Crippen LogP contribution >= 0.6 is 11.3 Å². The van der Waals surface area contributed by atoms with Gasteiger partial charge in [0.1, 0.15) is 5.75 Å². The lowest BCUT2D eigenvalue weighted by atomic mass is 10.0. The maximum absolute atomic E-state index is 10.1. The number of benzene rings is 1. The van der Waals surface area contributed by atoms with Gasteiger partial charge in [0.2, 0.25) is 0 Å². The summed E-state index contributed by atoms with van der Waals surface area (Å²) in [5, 5.41) is 10.1. The van der Waals surface area contributed by atoms with Gasteiger partial charge in [-0.3, -0.25) is 4.98 Å². The fraction of sp³-hybridized carbons (Fsp3) is 0.250. The molecule has 0 saturated heterocycles. The molecule has 1 unspecified atom stereocenters. The van der Waals surface area contributed by atoms with Gasteiger partial charge in [0, 0.05) is 23.1 Å². The van der Waals surface area contributed by atoms with Crippen molar-refractivity contribution in [2.24, 2.45) is 0 Å². The minimum absolute atomic E-state index is 0.493. The van der Waals surface area contributed by atoms with Crippen molar-refractivity contribution in [1.82, 2.24) is 4.98 Å². The van der Waals surface area contributed by atoms with Crippen molar-refractivity contribution in [3.8, 4) is 5.75 Å². The van der Waals surface area contributed by atoms with Gasteiger partial charge >= 0.3 is 0 Å². The van der Waals surface area contributed by atoms with Crippen molar-refractivity contribution in [3.63, 3.8) is 0 Å². The van der Waals surface area contributed by atoms with Crippen LogP contribution in [0.1, 0.15) is 16.5 Å². The van der Waals surface area contributed by atoms with Crippen LogP contribution in [-0.4, -0.2) is 17.2 Å². The maximum Gasteiger partial charge on any atom is 0.142 e. The molecular formula is C12H14N2O2S. The van der Waals surface area contributed by atoms with E-state index in [0.717, 1.165) is 4.88 Å². The number of aliphatic hydroxyl groups excluding tert-OH is 1. The first-order valence-electron chi connectivity index (χ1n) is 5.20. The van der Waals surface area contributed by atoms with E-state index in [0.29, 0.717) is 23.4 Å². The lowest BCUT2D eigenvalue weighted by Crippen LogP contribution is -2.05. The second kappa shape index (κ2) is 5.16. The van der Waals surface area contributed by atoms with E-state index in [1.165, 1.54) is 11.3 Å². The number of ether oxygens (including phenoxy) is 1. The van der Waals surface area contributed by atoms with Gasteiger partial charge in [0.05, 0.1) is 24.4 Å². The molecule has 1 atom stereocenters. The lowest BCUT2D eigenvalue weighted by Gasteiger charge is -2.14. The molecule has 5 heteroatoms. The van der Waals surface area contributed by atoms with Crippen molar-refractivity contribution >= 4 is 17.0 Å². The predicted octanol–water partition coefficient (Wildman–Crippen LogP) is 2.01. The summed E-state index contributed by atoms with van der Waals surface area (Å²) in [6, 6.07) is 5.40. The van der Waals surface area contributed by atoms with E-state index in [4.69, 9.17) is 10.5 Å². The molecule has 0 fully saturated rings. The molecule has 0 amide bonds. The first-order chi connectivity index (χ1) is 8.22. The summed E-state index contributed by atoms with van der Waals surface area (Å²) in [7, 11) is 1.56. The van der Waals surface area contributed by atoms with Crippen molar-refractivity contribution in [2.45, 2.75) is 12.5 Å². The molecule has 0 bridgehead atoms. The molecule has 0 aliphatic heterocycles. The molecule has 2 rings (SSSR count). The quantitative estimate of drug-likeness (QED) is 0.814. The summed E-state index contributed by atoms with van der Waals surface area (Å²) in [4.78, 5) is 5.00. The summed E-state index contributed by atoms with van der Waals surface area (Å²) in [5.41, 5.74) is 8.86. The molecule has 0 radical (unpaired) electrons. The highest BCUT2D eigenvalue weighted by molar-refractivity contribution is 7.09. The molecule has 17 heavy (non-hydrogen) atoms. The molecule has 1 aromatic heterocycles. The Morgan fingerprint density at radius 1 is 1.53 bits per heavy atom. The number of para-hydroxylation sites is 1. The van der Waals surface area contributed by atoms with Crippen molar-refractivity contribution < 1.29 is 9.84 Å². The standard InChI is InChI=1S/C12H14N2O2S/c1-16-11-4-2-3-9(12(11)13)10(15)5-8-6-14-7-17-8/h2-4,6-7,10,15H,5,13H2,1H3. The fourth-order valence-electron chi connectivity index (χ4n) is 1.67.